The first-order valence-electron chi connectivity index (χ1n) is 9.20. The Labute approximate surface area is 186 Å². The third kappa shape index (κ3) is 5.62. The van der Waals surface area contributed by atoms with E-state index < -0.39 is 22.5 Å². The van der Waals surface area contributed by atoms with Crippen LogP contribution in [0.1, 0.15) is 5.56 Å². The average molecular weight is 458 g/mol. The number of carbonyl (C=O) groups is 1. The summed E-state index contributed by atoms with van der Waals surface area (Å²) in [5.74, 6) is -0.0479. The Bertz CT molecular complexity index is 1170. The highest BCUT2D eigenvalue weighted by molar-refractivity contribution is 7.92. The van der Waals surface area contributed by atoms with E-state index in [2.05, 4.69) is 10.5 Å². The molecule has 9 heteroatoms. The molecule has 0 heterocycles. The predicted molar refractivity (Wildman–Crippen MR) is 121 cm³/mol. The summed E-state index contributed by atoms with van der Waals surface area (Å²) < 4.78 is 32.6. The maximum atomic E-state index is 13.2. The number of halogens is 1. The Morgan fingerprint density at radius 2 is 1.68 bits per heavy atom. The van der Waals surface area contributed by atoms with Crippen molar-refractivity contribution >= 4 is 39.4 Å². The number of methoxy groups -OCH3 is 1. The smallest absolute Gasteiger partial charge is 0.264 e. The molecule has 0 aliphatic rings. The molecule has 160 valence electrons. The molecule has 1 amide bonds. The minimum atomic E-state index is -3.99. The van der Waals surface area contributed by atoms with Gasteiger partial charge in [-0.15, -0.1) is 0 Å². The average Bonchev–Trinajstić information content (AvgIpc) is 2.79. The number of sulfonamides is 1. The van der Waals surface area contributed by atoms with Crippen molar-refractivity contribution in [3.05, 3.63) is 89.4 Å². The van der Waals surface area contributed by atoms with Crippen LogP contribution in [-0.2, 0) is 14.8 Å². The fourth-order valence-corrected chi connectivity index (χ4v) is 4.33. The lowest BCUT2D eigenvalue weighted by atomic mass is 10.2. The molecule has 1 N–H and O–H groups in total. The van der Waals surface area contributed by atoms with Gasteiger partial charge in [-0.25, -0.2) is 13.8 Å². The van der Waals surface area contributed by atoms with Gasteiger partial charge < -0.3 is 4.74 Å². The van der Waals surface area contributed by atoms with Gasteiger partial charge in [-0.3, -0.25) is 9.10 Å². The van der Waals surface area contributed by atoms with Gasteiger partial charge in [-0.05, 0) is 42.5 Å². The summed E-state index contributed by atoms with van der Waals surface area (Å²) in [6, 6.07) is 21.3. The Kier molecular flexibility index (Phi) is 7.28. The molecule has 0 aromatic heterocycles. The minimum absolute atomic E-state index is 0.0678. The highest BCUT2D eigenvalue weighted by atomic mass is 35.5. The summed E-state index contributed by atoms with van der Waals surface area (Å²) in [7, 11) is -2.48. The zero-order valence-corrected chi connectivity index (χ0v) is 18.2. The quantitative estimate of drug-likeness (QED) is 0.412. The molecule has 0 unspecified atom stereocenters. The number of hydrogen-bond donors (Lipinski definition) is 1. The molecule has 0 saturated carbocycles. The minimum Gasteiger partial charge on any atom is -0.497 e. The molecule has 3 aromatic rings. The molecule has 7 nitrogen and oxygen atoms in total. The van der Waals surface area contributed by atoms with Crippen LogP contribution < -0.4 is 14.5 Å². The first-order valence-corrected chi connectivity index (χ1v) is 11.0. The molecule has 0 spiro atoms. The summed E-state index contributed by atoms with van der Waals surface area (Å²) in [5.41, 5.74) is 3.28. The number of hydrogen-bond acceptors (Lipinski definition) is 5. The van der Waals surface area contributed by atoms with E-state index in [9.17, 15) is 13.2 Å². The zero-order chi connectivity index (χ0) is 22.3. The molecule has 0 radical (unpaired) electrons. The largest absolute Gasteiger partial charge is 0.497 e. The summed E-state index contributed by atoms with van der Waals surface area (Å²) in [6.07, 6.45) is 1.39. The summed E-state index contributed by atoms with van der Waals surface area (Å²) >= 11 is 6.05. The fraction of sp³-hybridized carbons (Fsp3) is 0.0909. The monoisotopic (exact) mass is 457 g/mol. The SMILES string of the molecule is COc1ccc(N(CC(=O)N/N=C\c2ccccc2Cl)S(=O)(=O)c2ccccc2)cc1. The van der Waals surface area contributed by atoms with Gasteiger partial charge in [0.2, 0.25) is 0 Å². The van der Waals surface area contributed by atoms with Gasteiger partial charge in [0, 0.05) is 10.6 Å². The summed E-state index contributed by atoms with van der Waals surface area (Å²) in [6.45, 7) is -0.469. The number of benzene rings is 3. The number of rotatable bonds is 8. The van der Waals surface area contributed by atoms with E-state index in [4.69, 9.17) is 16.3 Å². The zero-order valence-electron chi connectivity index (χ0n) is 16.6. The molecular formula is C22H20ClN3O4S. The Hall–Kier alpha value is -3.36. The molecule has 3 rings (SSSR count). The van der Waals surface area contributed by atoms with E-state index in [1.165, 1.54) is 25.5 Å². The third-order valence-corrected chi connectivity index (χ3v) is 6.41. The van der Waals surface area contributed by atoms with Gasteiger partial charge in [0.15, 0.2) is 0 Å². The second-order valence-corrected chi connectivity index (χ2v) is 8.61. The second-order valence-electron chi connectivity index (χ2n) is 6.34. The van der Waals surface area contributed by atoms with E-state index in [0.717, 1.165) is 4.31 Å². The number of amides is 1. The Balaban J connectivity index is 1.84. The predicted octanol–water partition coefficient (Wildman–Crippen LogP) is 3.69. The first-order chi connectivity index (χ1) is 14.9. The number of nitrogens with one attached hydrogen (secondary N) is 1. The maximum absolute atomic E-state index is 13.2. The van der Waals surface area contributed by atoms with Gasteiger partial charge in [-0.1, -0.05) is 48.0 Å². The van der Waals surface area contributed by atoms with Crippen molar-refractivity contribution in [3.63, 3.8) is 0 Å². The van der Waals surface area contributed by atoms with E-state index in [-0.39, 0.29) is 4.90 Å². The van der Waals surface area contributed by atoms with Gasteiger partial charge in [0.25, 0.3) is 15.9 Å². The number of carbonyl (C=O) groups excluding carboxylic acids is 1. The van der Waals surface area contributed by atoms with E-state index in [0.29, 0.717) is 22.0 Å². The van der Waals surface area contributed by atoms with Crippen LogP contribution in [0.15, 0.2) is 88.9 Å². The molecule has 0 fully saturated rings. The van der Waals surface area contributed by atoms with Crippen LogP contribution in [-0.4, -0.2) is 34.2 Å². The highest BCUT2D eigenvalue weighted by Gasteiger charge is 2.27. The fourth-order valence-electron chi connectivity index (χ4n) is 2.70. The standard InChI is InChI=1S/C22H20ClN3O4S/c1-30-19-13-11-18(12-14-19)26(31(28,29)20-8-3-2-4-9-20)16-22(27)25-24-15-17-7-5-6-10-21(17)23/h2-15H,16H2,1H3,(H,25,27)/b24-15-. The third-order valence-electron chi connectivity index (χ3n) is 4.28. The van der Waals surface area contributed by atoms with Crippen LogP contribution in [0.5, 0.6) is 5.75 Å². The molecule has 3 aromatic carbocycles. The van der Waals surface area contributed by atoms with Gasteiger partial charge >= 0.3 is 0 Å². The molecule has 0 aliphatic heterocycles. The van der Waals surface area contributed by atoms with Crippen LogP contribution in [0, 0.1) is 0 Å². The topological polar surface area (TPSA) is 88.1 Å². The lowest BCUT2D eigenvalue weighted by Gasteiger charge is -2.23. The maximum Gasteiger partial charge on any atom is 0.264 e. The highest BCUT2D eigenvalue weighted by Crippen LogP contribution is 2.25. The van der Waals surface area contributed by atoms with Gasteiger partial charge in [0.05, 0.1) is 23.9 Å². The van der Waals surface area contributed by atoms with Crippen LogP contribution in [0.3, 0.4) is 0 Å². The summed E-state index contributed by atoms with van der Waals surface area (Å²) in [4.78, 5) is 12.6. The van der Waals surface area contributed by atoms with Crippen LogP contribution in [0.2, 0.25) is 5.02 Å². The number of hydrazone groups is 1. The lowest BCUT2D eigenvalue weighted by Crippen LogP contribution is -2.39. The van der Waals surface area contributed by atoms with E-state index in [1.807, 2.05) is 0 Å². The van der Waals surface area contributed by atoms with Crippen LogP contribution >= 0.6 is 11.6 Å². The molecule has 0 aliphatic carbocycles. The van der Waals surface area contributed by atoms with Gasteiger partial charge in [-0.2, -0.15) is 5.10 Å². The Morgan fingerprint density at radius 3 is 2.32 bits per heavy atom. The van der Waals surface area contributed by atoms with Gasteiger partial charge in [0.1, 0.15) is 12.3 Å². The molecule has 0 bridgehead atoms. The first kappa shape index (κ1) is 22.3. The van der Waals surface area contributed by atoms with Crippen molar-refractivity contribution in [1.29, 1.82) is 0 Å². The molecule has 31 heavy (non-hydrogen) atoms. The Morgan fingerprint density at radius 1 is 1.03 bits per heavy atom. The molecular weight excluding hydrogens is 438 g/mol. The molecule has 0 atom stereocenters. The normalized spacial score (nSPS) is 11.3. The van der Waals surface area contributed by atoms with Crippen LogP contribution in [0.25, 0.3) is 0 Å². The van der Waals surface area contributed by atoms with Crippen molar-refractivity contribution in [2.24, 2.45) is 5.10 Å². The van der Waals surface area contributed by atoms with Crippen molar-refractivity contribution in [1.82, 2.24) is 5.43 Å². The number of ether oxygens (including phenoxy) is 1. The van der Waals surface area contributed by atoms with Crippen LogP contribution in [0.4, 0.5) is 5.69 Å². The second kappa shape index (κ2) is 10.1. The van der Waals surface area contributed by atoms with Crippen molar-refractivity contribution < 1.29 is 17.9 Å². The van der Waals surface area contributed by atoms with Crippen molar-refractivity contribution in [2.45, 2.75) is 4.90 Å². The van der Waals surface area contributed by atoms with E-state index >= 15 is 0 Å². The van der Waals surface area contributed by atoms with Crippen molar-refractivity contribution in [3.8, 4) is 5.75 Å². The molecule has 0 saturated heterocycles. The lowest BCUT2D eigenvalue weighted by molar-refractivity contribution is -0.119. The summed E-state index contributed by atoms with van der Waals surface area (Å²) in [5, 5.41) is 4.36. The van der Waals surface area contributed by atoms with Crippen molar-refractivity contribution in [2.75, 3.05) is 18.0 Å². The number of anilines is 1. The van der Waals surface area contributed by atoms with E-state index in [1.54, 1.807) is 66.7 Å². The number of nitrogens with zero attached hydrogens (tertiary/aromatic N) is 2.